The Balaban J connectivity index is 2.27. The zero-order valence-corrected chi connectivity index (χ0v) is 15.1. The molecule has 0 spiro atoms. The van der Waals surface area contributed by atoms with Gasteiger partial charge in [0.25, 0.3) is 0 Å². The van der Waals surface area contributed by atoms with Crippen LogP contribution in [0.25, 0.3) is 6.08 Å². The molecule has 0 radical (unpaired) electrons. The van der Waals surface area contributed by atoms with Gasteiger partial charge in [-0.15, -0.1) is 0 Å². The minimum absolute atomic E-state index is 0.101. The lowest BCUT2D eigenvalue weighted by Crippen LogP contribution is -2.22. The lowest BCUT2D eigenvalue weighted by Gasteiger charge is -2.11. The molecule has 6 heteroatoms. The number of allylic oxidation sites excluding steroid dienone is 1. The average Bonchev–Trinajstić information content (AvgIpc) is 2.52. The van der Waals surface area contributed by atoms with Crippen LogP contribution in [0.4, 0.5) is 0 Å². The van der Waals surface area contributed by atoms with Crippen LogP contribution in [0, 0.1) is 0 Å². The molecule has 2 aromatic rings. The van der Waals surface area contributed by atoms with E-state index in [0.717, 1.165) is 14.3 Å². The van der Waals surface area contributed by atoms with Gasteiger partial charge >= 0.3 is 0 Å². The van der Waals surface area contributed by atoms with E-state index in [0.29, 0.717) is 5.56 Å². The molecule has 0 bridgehead atoms. The largest absolute Gasteiger partial charge is 0.289 e. The third kappa shape index (κ3) is 4.37. The van der Waals surface area contributed by atoms with E-state index in [9.17, 15) is 13.2 Å². The molecule has 0 amide bonds. The van der Waals surface area contributed by atoms with Gasteiger partial charge in [-0.1, -0.05) is 46.3 Å². The van der Waals surface area contributed by atoms with Crippen LogP contribution < -0.4 is 0 Å². The van der Waals surface area contributed by atoms with E-state index in [-0.39, 0.29) is 10.7 Å². The zero-order chi connectivity index (χ0) is 17.0. The van der Waals surface area contributed by atoms with E-state index in [1.165, 1.54) is 32.3 Å². The van der Waals surface area contributed by atoms with Crippen molar-refractivity contribution in [3.8, 4) is 0 Å². The molecule has 0 aliphatic heterocycles. The van der Waals surface area contributed by atoms with E-state index in [1.54, 1.807) is 18.2 Å². The van der Waals surface area contributed by atoms with Crippen LogP contribution in [0.3, 0.4) is 0 Å². The molecule has 0 saturated heterocycles. The van der Waals surface area contributed by atoms with Crippen molar-refractivity contribution in [2.75, 3.05) is 14.1 Å². The van der Waals surface area contributed by atoms with Crippen LogP contribution in [-0.4, -0.2) is 32.6 Å². The zero-order valence-electron chi connectivity index (χ0n) is 12.7. The molecule has 0 unspecified atom stereocenters. The molecule has 2 rings (SSSR count). The summed E-state index contributed by atoms with van der Waals surface area (Å²) in [4.78, 5) is 12.3. The van der Waals surface area contributed by atoms with E-state index in [2.05, 4.69) is 15.9 Å². The Morgan fingerprint density at radius 2 is 1.78 bits per heavy atom. The van der Waals surface area contributed by atoms with Crippen LogP contribution in [0.15, 0.2) is 64.0 Å². The third-order valence-electron chi connectivity index (χ3n) is 3.17. The number of hydrogen-bond acceptors (Lipinski definition) is 3. The van der Waals surface area contributed by atoms with Gasteiger partial charge in [0.1, 0.15) is 0 Å². The molecule has 0 atom stereocenters. The number of carbonyl (C=O) groups is 1. The maximum Gasteiger partial charge on any atom is 0.242 e. The third-order valence-corrected chi connectivity index (χ3v) is 5.48. The fourth-order valence-electron chi connectivity index (χ4n) is 1.90. The van der Waals surface area contributed by atoms with Crippen LogP contribution in [-0.2, 0) is 10.0 Å². The van der Waals surface area contributed by atoms with Crippen LogP contribution in [0.2, 0.25) is 0 Å². The highest BCUT2D eigenvalue weighted by molar-refractivity contribution is 9.10. The van der Waals surface area contributed by atoms with Crippen LogP contribution in [0.1, 0.15) is 15.9 Å². The average molecular weight is 394 g/mol. The van der Waals surface area contributed by atoms with Gasteiger partial charge in [-0.2, -0.15) is 0 Å². The predicted octanol–water partition coefficient (Wildman–Crippen LogP) is 3.60. The van der Waals surface area contributed by atoms with E-state index < -0.39 is 10.0 Å². The highest BCUT2D eigenvalue weighted by Gasteiger charge is 2.18. The van der Waals surface area contributed by atoms with E-state index in [4.69, 9.17) is 0 Å². The maximum atomic E-state index is 12.2. The highest BCUT2D eigenvalue weighted by Crippen LogP contribution is 2.17. The Hall–Kier alpha value is -1.76. The number of sulfonamides is 1. The summed E-state index contributed by atoms with van der Waals surface area (Å²) in [6.45, 7) is 0. The lowest BCUT2D eigenvalue weighted by atomic mass is 10.1. The summed E-state index contributed by atoms with van der Waals surface area (Å²) in [5.41, 5.74) is 1.21. The monoisotopic (exact) mass is 393 g/mol. The summed E-state index contributed by atoms with van der Waals surface area (Å²) < 4.78 is 26.3. The van der Waals surface area contributed by atoms with Crippen molar-refractivity contribution in [3.63, 3.8) is 0 Å². The predicted molar refractivity (Wildman–Crippen MR) is 94.8 cm³/mol. The SMILES string of the molecule is CN(C)S(=O)(=O)c1cccc(C(=O)/C=C/c2cccc(Br)c2)c1. The fraction of sp³-hybridized carbons (Fsp3) is 0.118. The normalized spacial score (nSPS) is 12.0. The molecule has 0 N–H and O–H groups in total. The maximum absolute atomic E-state index is 12.2. The number of rotatable bonds is 5. The Kier molecular flexibility index (Phi) is 5.51. The van der Waals surface area contributed by atoms with Crippen LogP contribution in [0.5, 0.6) is 0 Å². The summed E-state index contributed by atoms with van der Waals surface area (Å²) in [7, 11) is -0.644. The van der Waals surface area contributed by atoms with Gasteiger partial charge in [-0.05, 0) is 35.9 Å². The Morgan fingerprint density at radius 1 is 1.09 bits per heavy atom. The first-order valence-electron chi connectivity index (χ1n) is 6.81. The molecule has 2 aromatic carbocycles. The summed E-state index contributed by atoms with van der Waals surface area (Å²) >= 11 is 3.37. The van der Waals surface area contributed by atoms with Crippen molar-refractivity contribution >= 4 is 37.8 Å². The summed E-state index contributed by atoms with van der Waals surface area (Å²) in [5, 5.41) is 0. The van der Waals surface area contributed by atoms with Crippen LogP contribution >= 0.6 is 15.9 Å². The molecule has 0 aliphatic rings. The number of halogens is 1. The molecule has 120 valence electrons. The Bertz CT molecular complexity index is 858. The fourth-order valence-corrected chi connectivity index (χ4v) is 3.26. The van der Waals surface area contributed by atoms with Crippen molar-refractivity contribution in [2.45, 2.75) is 4.90 Å². The molecule has 0 aromatic heterocycles. The van der Waals surface area contributed by atoms with Gasteiger partial charge in [0.15, 0.2) is 5.78 Å². The quantitative estimate of drug-likeness (QED) is 0.575. The summed E-state index contributed by atoms with van der Waals surface area (Å²) in [6.07, 6.45) is 3.13. The number of hydrogen-bond donors (Lipinski definition) is 0. The molecule has 0 aliphatic carbocycles. The smallest absolute Gasteiger partial charge is 0.242 e. The molecule has 4 nitrogen and oxygen atoms in total. The Labute approximate surface area is 144 Å². The molecular formula is C17H16BrNO3S. The van der Waals surface area contributed by atoms with E-state index >= 15 is 0 Å². The van der Waals surface area contributed by atoms with Crippen molar-refractivity contribution in [2.24, 2.45) is 0 Å². The molecule has 0 saturated carbocycles. The van der Waals surface area contributed by atoms with Gasteiger partial charge in [0.05, 0.1) is 4.90 Å². The number of nitrogens with zero attached hydrogens (tertiary/aromatic N) is 1. The molecule has 23 heavy (non-hydrogen) atoms. The second-order valence-corrected chi connectivity index (χ2v) is 8.14. The van der Waals surface area contributed by atoms with Gasteiger partial charge in [-0.25, -0.2) is 12.7 Å². The van der Waals surface area contributed by atoms with Crippen molar-refractivity contribution in [1.29, 1.82) is 0 Å². The highest BCUT2D eigenvalue weighted by atomic mass is 79.9. The first-order chi connectivity index (χ1) is 10.8. The second-order valence-electron chi connectivity index (χ2n) is 5.07. The first kappa shape index (κ1) is 17.6. The number of carbonyl (C=O) groups excluding carboxylic acids is 1. The van der Waals surface area contributed by atoms with Gasteiger partial charge in [0.2, 0.25) is 10.0 Å². The first-order valence-corrected chi connectivity index (χ1v) is 9.04. The van der Waals surface area contributed by atoms with Crippen molar-refractivity contribution in [1.82, 2.24) is 4.31 Å². The topological polar surface area (TPSA) is 54.5 Å². The minimum atomic E-state index is -3.55. The number of ketones is 1. The standard InChI is InChI=1S/C17H16BrNO3S/c1-19(2)23(21,22)16-8-4-6-14(12-16)17(20)10-9-13-5-3-7-15(18)11-13/h3-12H,1-2H3/b10-9+. The van der Waals surface area contributed by atoms with Gasteiger partial charge in [0, 0.05) is 24.1 Å². The minimum Gasteiger partial charge on any atom is -0.289 e. The summed E-state index contributed by atoms with van der Waals surface area (Å²) in [6, 6.07) is 13.6. The van der Waals surface area contributed by atoms with Gasteiger partial charge < -0.3 is 0 Å². The number of benzene rings is 2. The van der Waals surface area contributed by atoms with Crippen molar-refractivity contribution < 1.29 is 13.2 Å². The molecular weight excluding hydrogens is 378 g/mol. The molecule has 0 fully saturated rings. The second kappa shape index (κ2) is 7.21. The van der Waals surface area contributed by atoms with Gasteiger partial charge in [-0.3, -0.25) is 4.79 Å². The summed E-state index contributed by atoms with van der Waals surface area (Å²) in [5.74, 6) is -0.249. The lowest BCUT2D eigenvalue weighted by molar-refractivity contribution is 0.104. The Morgan fingerprint density at radius 3 is 2.43 bits per heavy atom. The molecule has 0 heterocycles. The van der Waals surface area contributed by atoms with Crippen molar-refractivity contribution in [3.05, 3.63) is 70.2 Å². The van der Waals surface area contributed by atoms with E-state index in [1.807, 2.05) is 24.3 Å².